The topological polar surface area (TPSA) is 37.4 Å². The first-order chi connectivity index (χ1) is 7.09. The molecule has 0 aromatic heterocycles. The van der Waals surface area contributed by atoms with Crippen LogP contribution in [-0.4, -0.2) is 18.3 Å². The van der Waals surface area contributed by atoms with Gasteiger partial charge in [-0.05, 0) is 18.6 Å². The standard InChI is InChI=1S/C10H14BrNO2S/c1-2-3-9-12(11)15(13,14)10-7-5-4-6-8-10/h4-8H,2-3,9H2,1H3. The number of benzene rings is 1. The predicted molar refractivity (Wildman–Crippen MR) is 64.2 cm³/mol. The second-order valence-corrected chi connectivity index (χ2v) is 6.37. The van der Waals surface area contributed by atoms with Gasteiger partial charge >= 0.3 is 0 Å². The second-order valence-electron chi connectivity index (χ2n) is 3.18. The van der Waals surface area contributed by atoms with Crippen LogP contribution in [0.15, 0.2) is 35.2 Å². The fraction of sp³-hybridized carbons (Fsp3) is 0.400. The monoisotopic (exact) mass is 291 g/mol. The minimum atomic E-state index is -3.36. The van der Waals surface area contributed by atoms with Crippen LogP contribution in [0.25, 0.3) is 0 Å². The molecule has 0 amide bonds. The average molecular weight is 292 g/mol. The fourth-order valence-electron chi connectivity index (χ4n) is 1.11. The Kier molecular flexibility index (Phi) is 4.76. The molecule has 1 aromatic rings. The third-order valence-electron chi connectivity index (χ3n) is 1.99. The first-order valence-corrected chi connectivity index (χ1v) is 6.97. The quantitative estimate of drug-likeness (QED) is 0.783. The maximum absolute atomic E-state index is 11.9. The first-order valence-electron chi connectivity index (χ1n) is 4.82. The van der Waals surface area contributed by atoms with E-state index in [0.29, 0.717) is 11.4 Å². The molecule has 0 radical (unpaired) electrons. The molecule has 0 heterocycles. The maximum atomic E-state index is 11.9. The second kappa shape index (κ2) is 5.63. The van der Waals surface area contributed by atoms with Crippen LogP contribution in [0.3, 0.4) is 0 Å². The van der Waals surface area contributed by atoms with Crippen molar-refractivity contribution in [3.05, 3.63) is 30.3 Å². The highest BCUT2D eigenvalue weighted by atomic mass is 79.9. The molecule has 0 aliphatic rings. The van der Waals surface area contributed by atoms with Crippen molar-refractivity contribution in [3.63, 3.8) is 0 Å². The smallest absolute Gasteiger partial charge is 0.206 e. The van der Waals surface area contributed by atoms with Crippen molar-refractivity contribution in [2.45, 2.75) is 24.7 Å². The Morgan fingerprint density at radius 2 is 1.87 bits per heavy atom. The van der Waals surface area contributed by atoms with Crippen molar-refractivity contribution in [1.82, 2.24) is 3.33 Å². The number of sulfonamides is 1. The lowest BCUT2D eigenvalue weighted by molar-refractivity contribution is 0.538. The van der Waals surface area contributed by atoms with Crippen LogP contribution >= 0.6 is 16.1 Å². The molecule has 0 fully saturated rings. The highest BCUT2D eigenvalue weighted by Gasteiger charge is 2.20. The Morgan fingerprint density at radius 1 is 1.27 bits per heavy atom. The zero-order valence-corrected chi connectivity index (χ0v) is 11.0. The van der Waals surface area contributed by atoms with Gasteiger partial charge in [-0.3, -0.25) is 0 Å². The van der Waals surface area contributed by atoms with E-state index in [1.165, 1.54) is 3.33 Å². The molecular weight excluding hydrogens is 278 g/mol. The van der Waals surface area contributed by atoms with Gasteiger partial charge in [0.05, 0.1) is 4.90 Å². The van der Waals surface area contributed by atoms with Crippen LogP contribution in [-0.2, 0) is 10.0 Å². The highest BCUT2D eigenvalue weighted by molar-refractivity contribution is 9.08. The van der Waals surface area contributed by atoms with Gasteiger partial charge in [-0.2, -0.15) is 0 Å². The zero-order valence-electron chi connectivity index (χ0n) is 8.56. The van der Waals surface area contributed by atoms with E-state index in [0.717, 1.165) is 12.8 Å². The molecule has 0 aliphatic heterocycles. The van der Waals surface area contributed by atoms with E-state index in [2.05, 4.69) is 16.1 Å². The number of hydrogen-bond donors (Lipinski definition) is 0. The molecule has 0 N–H and O–H groups in total. The third kappa shape index (κ3) is 3.29. The van der Waals surface area contributed by atoms with Crippen molar-refractivity contribution in [1.29, 1.82) is 0 Å². The predicted octanol–water partition coefficient (Wildman–Crippen LogP) is 2.79. The summed E-state index contributed by atoms with van der Waals surface area (Å²) in [6.07, 6.45) is 1.81. The van der Waals surface area contributed by atoms with E-state index in [9.17, 15) is 8.42 Å². The summed E-state index contributed by atoms with van der Waals surface area (Å²) in [6.45, 7) is 2.52. The molecular formula is C10H14BrNO2S. The highest BCUT2D eigenvalue weighted by Crippen LogP contribution is 2.18. The van der Waals surface area contributed by atoms with Crippen LogP contribution in [0.2, 0.25) is 0 Å². The SMILES string of the molecule is CCCCN(Br)S(=O)(=O)c1ccccc1. The summed E-state index contributed by atoms with van der Waals surface area (Å²) >= 11 is 3.08. The summed E-state index contributed by atoms with van der Waals surface area (Å²) in [7, 11) is -3.36. The van der Waals surface area contributed by atoms with E-state index >= 15 is 0 Å². The molecule has 3 nitrogen and oxygen atoms in total. The number of halogens is 1. The van der Waals surface area contributed by atoms with Gasteiger partial charge in [0, 0.05) is 22.7 Å². The van der Waals surface area contributed by atoms with Crippen LogP contribution < -0.4 is 0 Å². The lowest BCUT2D eigenvalue weighted by Crippen LogP contribution is -2.22. The maximum Gasteiger partial charge on any atom is 0.252 e. The molecule has 0 unspecified atom stereocenters. The van der Waals surface area contributed by atoms with E-state index in [-0.39, 0.29) is 0 Å². The van der Waals surface area contributed by atoms with Gasteiger partial charge in [0.1, 0.15) is 0 Å². The summed E-state index contributed by atoms with van der Waals surface area (Å²) in [5.74, 6) is 0. The minimum absolute atomic E-state index is 0.318. The largest absolute Gasteiger partial charge is 0.252 e. The molecule has 15 heavy (non-hydrogen) atoms. The van der Waals surface area contributed by atoms with Crippen LogP contribution in [0, 0.1) is 0 Å². The normalized spacial score (nSPS) is 11.9. The Balaban J connectivity index is 2.84. The molecule has 1 rings (SSSR count). The lowest BCUT2D eigenvalue weighted by Gasteiger charge is -2.13. The molecule has 5 heteroatoms. The van der Waals surface area contributed by atoms with E-state index in [1.807, 2.05) is 6.92 Å². The van der Waals surface area contributed by atoms with Crippen molar-refractivity contribution in [3.8, 4) is 0 Å². The van der Waals surface area contributed by atoms with Gasteiger partial charge < -0.3 is 0 Å². The minimum Gasteiger partial charge on any atom is -0.206 e. The number of hydrogen-bond acceptors (Lipinski definition) is 2. The Bertz CT molecular complexity index is 391. The third-order valence-corrected chi connectivity index (χ3v) is 5.06. The summed E-state index contributed by atoms with van der Waals surface area (Å²) in [5.41, 5.74) is 0. The lowest BCUT2D eigenvalue weighted by atomic mass is 10.3. The van der Waals surface area contributed by atoms with Gasteiger partial charge in [0.15, 0.2) is 0 Å². The van der Waals surface area contributed by atoms with Crippen LogP contribution in [0.5, 0.6) is 0 Å². The molecule has 0 bridgehead atoms. The molecule has 0 spiro atoms. The molecule has 0 aliphatic carbocycles. The van der Waals surface area contributed by atoms with Gasteiger partial charge in [-0.15, -0.1) is 3.33 Å². The summed E-state index contributed by atoms with van der Waals surface area (Å²) in [5, 5.41) is 0. The number of unbranched alkanes of at least 4 members (excludes halogenated alkanes) is 1. The Morgan fingerprint density at radius 3 is 2.40 bits per heavy atom. The van der Waals surface area contributed by atoms with Crippen LogP contribution in [0.4, 0.5) is 0 Å². The summed E-state index contributed by atoms with van der Waals surface area (Å²) < 4.78 is 25.1. The van der Waals surface area contributed by atoms with Crippen LogP contribution in [0.1, 0.15) is 19.8 Å². The van der Waals surface area contributed by atoms with Gasteiger partial charge in [0.25, 0.3) is 10.0 Å². The number of nitrogens with zero attached hydrogens (tertiary/aromatic N) is 1. The molecule has 0 atom stereocenters. The molecule has 0 saturated carbocycles. The van der Waals surface area contributed by atoms with Gasteiger partial charge in [-0.25, -0.2) is 8.42 Å². The average Bonchev–Trinajstić information content (AvgIpc) is 2.27. The Hall–Kier alpha value is -0.390. The van der Waals surface area contributed by atoms with Crippen molar-refractivity contribution >= 4 is 26.2 Å². The Labute approximate surface area is 99.5 Å². The van der Waals surface area contributed by atoms with E-state index < -0.39 is 10.0 Å². The number of rotatable bonds is 5. The fourth-order valence-corrected chi connectivity index (χ4v) is 2.96. The summed E-state index contributed by atoms with van der Waals surface area (Å²) in [4.78, 5) is 0.318. The van der Waals surface area contributed by atoms with Gasteiger partial charge in [0.2, 0.25) is 0 Å². The zero-order chi connectivity index (χ0) is 11.3. The first kappa shape index (κ1) is 12.7. The van der Waals surface area contributed by atoms with Gasteiger partial charge in [-0.1, -0.05) is 31.5 Å². The molecule has 84 valence electrons. The van der Waals surface area contributed by atoms with Crippen molar-refractivity contribution in [2.75, 3.05) is 6.54 Å². The van der Waals surface area contributed by atoms with Crippen molar-refractivity contribution in [2.24, 2.45) is 0 Å². The molecule has 1 aromatic carbocycles. The van der Waals surface area contributed by atoms with Crippen molar-refractivity contribution < 1.29 is 8.42 Å². The summed E-state index contributed by atoms with van der Waals surface area (Å²) in [6, 6.07) is 8.41. The van der Waals surface area contributed by atoms with E-state index in [1.54, 1.807) is 30.3 Å². The van der Waals surface area contributed by atoms with E-state index in [4.69, 9.17) is 0 Å². The molecule has 0 saturated heterocycles.